The van der Waals surface area contributed by atoms with Gasteiger partial charge in [0.15, 0.2) is 5.96 Å². The van der Waals surface area contributed by atoms with E-state index in [9.17, 15) is 9.59 Å². The van der Waals surface area contributed by atoms with Gasteiger partial charge in [-0.1, -0.05) is 12.1 Å². The molecule has 1 unspecified atom stereocenters. The number of nitrogens with two attached hydrogens (primary N) is 1. The number of amides is 2. The minimum absolute atomic E-state index is 0.0938. The number of nitrogens with one attached hydrogen (secondary N) is 1. The van der Waals surface area contributed by atoms with Gasteiger partial charge in [0.1, 0.15) is 5.82 Å². The minimum atomic E-state index is -0.358. The van der Waals surface area contributed by atoms with Crippen LogP contribution in [0.3, 0.4) is 0 Å². The molecule has 3 rings (SSSR count). The summed E-state index contributed by atoms with van der Waals surface area (Å²) in [7, 11) is 1.59. The lowest BCUT2D eigenvalue weighted by Gasteiger charge is -2.25. The zero-order chi connectivity index (χ0) is 18.0. The Morgan fingerprint density at radius 3 is 2.72 bits per heavy atom. The summed E-state index contributed by atoms with van der Waals surface area (Å²) in [4.78, 5) is 37.9. The van der Waals surface area contributed by atoms with Crippen LogP contribution in [0.25, 0.3) is 0 Å². The van der Waals surface area contributed by atoms with Crippen LogP contribution in [0, 0.1) is 6.92 Å². The van der Waals surface area contributed by atoms with Crippen molar-refractivity contribution < 1.29 is 9.59 Å². The third-order valence-corrected chi connectivity index (χ3v) is 3.95. The van der Waals surface area contributed by atoms with Crippen molar-refractivity contribution in [2.45, 2.75) is 19.4 Å². The predicted octanol–water partition coefficient (Wildman–Crippen LogP) is 1.26. The van der Waals surface area contributed by atoms with E-state index in [-0.39, 0.29) is 30.2 Å². The molecular weight excluding hydrogens is 320 g/mol. The Balaban J connectivity index is 1.79. The van der Waals surface area contributed by atoms with Crippen LogP contribution in [0.5, 0.6) is 0 Å². The molecule has 3 N–H and O–H groups in total. The first kappa shape index (κ1) is 16.6. The Kier molecular flexibility index (Phi) is 4.42. The van der Waals surface area contributed by atoms with E-state index in [0.717, 1.165) is 5.56 Å². The minimum Gasteiger partial charge on any atom is -0.369 e. The van der Waals surface area contributed by atoms with E-state index in [1.54, 1.807) is 32.2 Å². The molecule has 1 atom stereocenters. The van der Waals surface area contributed by atoms with Gasteiger partial charge in [0.25, 0.3) is 5.91 Å². The summed E-state index contributed by atoms with van der Waals surface area (Å²) in [6, 6.07) is 6.84. The smallest absolute Gasteiger partial charge is 0.258 e. The highest BCUT2D eigenvalue weighted by Gasteiger charge is 2.25. The van der Waals surface area contributed by atoms with Crippen molar-refractivity contribution in [1.82, 2.24) is 14.9 Å². The Bertz CT molecular complexity index is 846. The molecule has 1 aromatic carbocycles. The maximum atomic E-state index is 12.3. The second-order valence-corrected chi connectivity index (χ2v) is 5.76. The van der Waals surface area contributed by atoms with Crippen LogP contribution in [0.15, 0.2) is 41.7 Å². The quantitative estimate of drug-likeness (QED) is 0.874. The highest BCUT2D eigenvalue weighted by molar-refractivity contribution is 6.04. The second-order valence-electron chi connectivity index (χ2n) is 5.76. The molecule has 0 radical (unpaired) electrons. The van der Waals surface area contributed by atoms with E-state index in [0.29, 0.717) is 17.1 Å². The number of aliphatic imine (C=N–C) groups is 1. The molecule has 128 valence electrons. The van der Waals surface area contributed by atoms with Crippen LogP contribution in [-0.2, 0) is 4.79 Å². The first-order valence-corrected chi connectivity index (χ1v) is 7.74. The summed E-state index contributed by atoms with van der Waals surface area (Å²) < 4.78 is 0. The summed E-state index contributed by atoms with van der Waals surface area (Å²) in [5.74, 6) is 0.386. The average molecular weight is 338 g/mol. The molecule has 0 aliphatic carbocycles. The first-order valence-electron chi connectivity index (χ1n) is 7.74. The molecule has 0 bridgehead atoms. The van der Waals surface area contributed by atoms with Gasteiger partial charge < -0.3 is 11.1 Å². The number of nitrogens with zero attached hydrogens (tertiary/aromatic N) is 4. The van der Waals surface area contributed by atoms with Gasteiger partial charge in [-0.25, -0.2) is 15.0 Å². The van der Waals surface area contributed by atoms with Gasteiger partial charge in [-0.3, -0.25) is 14.5 Å². The third-order valence-electron chi connectivity index (χ3n) is 3.95. The molecule has 0 spiro atoms. The molecule has 8 heteroatoms. The van der Waals surface area contributed by atoms with Crippen molar-refractivity contribution in [3.63, 3.8) is 0 Å². The molecule has 1 aromatic heterocycles. The van der Waals surface area contributed by atoms with Gasteiger partial charge in [0.05, 0.1) is 18.0 Å². The van der Waals surface area contributed by atoms with E-state index in [1.807, 2.05) is 6.07 Å². The second kappa shape index (κ2) is 6.68. The molecule has 2 heterocycles. The van der Waals surface area contributed by atoms with Gasteiger partial charge in [0.2, 0.25) is 5.91 Å². The van der Waals surface area contributed by atoms with E-state index in [2.05, 4.69) is 20.3 Å². The normalized spacial score (nSPS) is 17.2. The van der Waals surface area contributed by atoms with Crippen LogP contribution in [0.2, 0.25) is 0 Å². The Labute approximate surface area is 144 Å². The summed E-state index contributed by atoms with van der Waals surface area (Å²) in [5.41, 5.74) is 7.55. The number of carbonyl (C=O) groups excluding carboxylic acids is 2. The van der Waals surface area contributed by atoms with Crippen LogP contribution < -0.4 is 11.1 Å². The largest absolute Gasteiger partial charge is 0.369 e. The number of aromatic nitrogens is 2. The van der Waals surface area contributed by atoms with Gasteiger partial charge in [0, 0.05) is 25.1 Å². The number of guanidine groups is 1. The lowest BCUT2D eigenvalue weighted by molar-refractivity contribution is -0.127. The molecule has 0 fully saturated rings. The van der Waals surface area contributed by atoms with Crippen molar-refractivity contribution in [3.8, 4) is 0 Å². The molecule has 1 aliphatic rings. The average Bonchev–Trinajstić information content (AvgIpc) is 2.60. The van der Waals surface area contributed by atoms with Crippen molar-refractivity contribution in [2.75, 3.05) is 12.4 Å². The van der Waals surface area contributed by atoms with E-state index in [4.69, 9.17) is 5.73 Å². The maximum Gasteiger partial charge on any atom is 0.258 e. The lowest BCUT2D eigenvalue weighted by atomic mass is 10.0. The number of anilines is 1. The summed E-state index contributed by atoms with van der Waals surface area (Å²) in [6.45, 7) is 1.75. The summed E-state index contributed by atoms with van der Waals surface area (Å²) >= 11 is 0. The van der Waals surface area contributed by atoms with Gasteiger partial charge in [-0.2, -0.15) is 0 Å². The molecule has 0 saturated carbocycles. The summed E-state index contributed by atoms with van der Waals surface area (Å²) in [6.07, 6.45) is 3.19. The van der Waals surface area contributed by atoms with Crippen molar-refractivity contribution in [3.05, 3.63) is 53.6 Å². The molecular formula is C17H18N6O2. The third kappa shape index (κ3) is 3.63. The zero-order valence-electron chi connectivity index (χ0n) is 13.9. The van der Waals surface area contributed by atoms with Crippen molar-refractivity contribution >= 4 is 23.5 Å². The number of benzene rings is 1. The van der Waals surface area contributed by atoms with Crippen molar-refractivity contribution in [2.24, 2.45) is 10.7 Å². The van der Waals surface area contributed by atoms with Gasteiger partial charge in [-0.15, -0.1) is 0 Å². The lowest BCUT2D eigenvalue weighted by Crippen LogP contribution is -2.42. The topological polar surface area (TPSA) is 114 Å². The number of hydrogen-bond acceptors (Lipinski definition) is 6. The van der Waals surface area contributed by atoms with Gasteiger partial charge in [-0.05, 0) is 24.6 Å². The molecule has 2 amide bonds. The zero-order valence-corrected chi connectivity index (χ0v) is 13.9. The first-order chi connectivity index (χ1) is 11.9. The summed E-state index contributed by atoms with van der Waals surface area (Å²) in [5, 5.41) is 2.79. The SMILES string of the molecule is Cc1ncc(C(=O)Nc2cccc(C3CC(=O)N(C)C(N)=N3)c2)cn1. The fourth-order valence-corrected chi connectivity index (χ4v) is 2.45. The number of carbonyl (C=O) groups is 2. The van der Waals surface area contributed by atoms with Crippen LogP contribution >= 0.6 is 0 Å². The monoisotopic (exact) mass is 338 g/mol. The molecule has 1 aliphatic heterocycles. The fourth-order valence-electron chi connectivity index (χ4n) is 2.45. The highest BCUT2D eigenvalue weighted by Crippen LogP contribution is 2.27. The molecule has 25 heavy (non-hydrogen) atoms. The number of hydrogen-bond donors (Lipinski definition) is 2. The van der Waals surface area contributed by atoms with Gasteiger partial charge >= 0.3 is 0 Å². The van der Waals surface area contributed by atoms with E-state index in [1.165, 1.54) is 17.3 Å². The number of aryl methyl sites for hydroxylation is 1. The van der Waals surface area contributed by atoms with Crippen LogP contribution in [0.4, 0.5) is 5.69 Å². The molecule has 0 saturated heterocycles. The molecule has 2 aromatic rings. The standard InChI is InChI=1S/C17H18N6O2/c1-10-19-8-12(9-20-10)16(25)21-13-5-3-4-11(6-13)14-7-15(24)23(2)17(18)22-14/h3-6,8-9,14H,7H2,1-2H3,(H2,18,22)(H,21,25). The Hall–Kier alpha value is -3.29. The maximum absolute atomic E-state index is 12.3. The van der Waals surface area contributed by atoms with Crippen LogP contribution in [-0.4, -0.2) is 39.7 Å². The predicted molar refractivity (Wildman–Crippen MR) is 92.9 cm³/mol. The van der Waals surface area contributed by atoms with E-state index >= 15 is 0 Å². The Morgan fingerprint density at radius 2 is 2.04 bits per heavy atom. The number of rotatable bonds is 3. The molecule has 8 nitrogen and oxygen atoms in total. The highest BCUT2D eigenvalue weighted by atomic mass is 16.2. The van der Waals surface area contributed by atoms with Crippen LogP contribution in [0.1, 0.15) is 34.2 Å². The Morgan fingerprint density at radius 1 is 1.32 bits per heavy atom. The van der Waals surface area contributed by atoms with Crippen molar-refractivity contribution in [1.29, 1.82) is 0 Å². The fraction of sp³-hybridized carbons (Fsp3) is 0.235. The van der Waals surface area contributed by atoms with E-state index < -0.39 is 0 Å².